The highest BCUT2D eigenvalue weighted by atomic mass is 16.5. The third-order valence-corrected chi connectivity index (χ3v) is 4.03. The Hall–Kier alpha value is -2.21. The van der Waals surface area contributed by atoms with Crippen LogP contribution in [-0.4, -0.2) is 45.6 Å². The van der Waals surface area contributed by atoms with Crippen molar-refractivity contribution < 1.29 is 9.53 Å². The van der Waals surface area contributed by atoms with Crippen molar-refractivity contribution >= 4 is 5.91 Å². The lowest BCUT2D eigenvalue weighted by molar-refractivity contribution is 0.0699. The first-order chi connectivity index (χ1) is 10.8. The van der Waals surface area contributed by atoms with Crippen molar-refractivity contribution in [3.05, 3.63) is 48.3 Å². The van der Waals surface area contributed by atoms with Crippen LogP contribution in [0.1, 0.15) is 22.6 Å². The van der Waals surface area contributed by atoms with Crippen molar-refractivity contribution in [1.82, 2.24) is 19.4 Å². The van der Waals surface area contributed by atoms with Gasteiger partial charge >= 0.3 is 0 Å². The molecule has 0 radical (unpaired) electrons. The quantitative estimate of drug-likeness (QED) is 0.860. The number of amides is 1. The molecule has 0 bridgehead atoms. The third kappa shape index (κ3) is 3.17. The molecule has 3 rings (SSSR count). The van der Waals surface area contributed by atoms with Gasteiger partial charge in [0.05, 0.1) is 6.54 Å². The van der Waals surface area contributed by atoms with Crippen molar-refractivity contribution in [2.45, 2.75) is 19.5 Å². The summed E-state index contributed by atoms with van der Waals surface area (Å²) < 4.78 is 7.43. The first-order valence-corrected chi connectivity index (χ1v) is 7.46. The molecule has 0 N–H and O–H groups in total. The number of carbonyl (C=O) groups excluding carboxylic acids is 1. The molecule has 1 atom stereocenters. The molecule has 116 valence electrons. The van der Waals surface area contributed by atoms with Crippen LogP contribution >= 0.6 is 0 Å². The number of carbonyl (C=O) groups is 1. The van der Waals surface area contributed by atoms with Crippen molar-refractivity contribution in [3.63, 3.8) is 0 Å². The number of hydrogen-bond acceptors (Lipinski definition) is 4. The van der Waals surface area contributed by atoms with Gasteiger partial charge in [0.25, 0.3) is 5.91 Å². The van der Waals surface area contributed by atoms with E-state index in [0.717, 1.165) is 18.7 Å². The fraction of sp³-hybridized carbons (Fsp3) is 0.438. The first-order valence-electron chi connectivity index (χ1n) is 7.46. The molecule has 22 heavy (non-hydrogen) atoms. The highest BCUT2D eigenvalue weighted by molar-refractivity contribution is 5.92. The minimum atomic E-state index is -0.0422. The van der Waals surface area contributed by atoms with Crippen LogP contribution in [0.15, 0.2) is 36.9 Å². The number of ether oxygens (including phenoxy) is 1. The Morgan fingerprint density at radius 3 is 3.09 bits per heavy atom. The molecule has 6 heteroatoms. The zero-order valence-corrected chi connectivity index (χ0v) is 12.7. The maximum absolute atomic E-state index is 12.7. The summed E-state index contributed by atoms with van der Waals surface area (Å²) in [6.07, 6.45) is 6.02. The molecule has 0 aliphatic carbocycles. The lowest BCUT2D eigenvalue weighted by Crippen LogP contribution is -2.34. The zero-order valence-electron chi connectivity index (χ0n) is 12.7. The van der Waals surface area contributed by atoms with E-state index in [1.807, 2.05) is 11.0 Å². The molecule has 2 aromatic heterocycles. The van der Waals surface area contributed by atoms with Gasteiger partial charge in [0.2, 0.25) is 0 Å². The Morgan fingerprint density at radius 2 is 2.32 bits per heavy atom. The molecule has 0 unspecified atom stereocenters. The van der Waals surface area contributed by atoms with Crippen LogP contribution in [0.5, 0.6) is 0 Å². The van der Waals surface area contributed by atoms with E-state index in [-0.39, 0.29) is 5.91 Å². The van der Waals surface area contributed by atoms with Crippen LogP contribution < -0.4 is 0 Å². The average molecular weight is 300 g/mol. The van der Waals surface area contributed by atoms with Crippen molar-refractivity contribution in [2.24, 2.45) is 5.92 Å². The van der Waals surface area contributed by atoms with E-state index in [0.29, 0.717) is 31.3 Å². The van der Waals surface area contributed by atoms with Crippen LogP contribution in [0, 0.1) is 5.92 Å². The van der Waals surface area contributed by atoms with Gasteiger partial charge in [0.15, 0.2) is 0 Å². The van der Waals surface area contributed by atoms with Crippen molar-refractivity contribution in [1.29, 1.82) is 0 Å². The maximum atomic E-state index is 12.7. The Balaban J connectivity index is 1.82. The SMILES string of the molecule is COCC[C@H]1CN(C(=O)c2ccncn2)Cc2cccn2C1. The van der Waals surface area contributed by atoms with E-state index >= 15 is 0 Å². The number of nitrogens with zero attached hydrogens (tertiary/aromatic N) is 4. The van der Waals surface area contributed by atoms with E-state index in [1.165, 1.54) is 6.33 Å². The number of methoxy groups -OCH3 is 1. The normalized spacial score (nSPS) is 17.9. The van der Waals surface area contributed by atoms with Gasteiger partial charge in [0, 0.05) is 44.9 Å². The molecule has 2 aromatic rings. The maximum Gasteiger partial charge on any atom is 0.272 e. The van der Waals surface area contributed by atoms with Crippen molar-refractivity contribution in [2.75, 3.05) is 20.3 Å². The van der Waals surface area contributed by atoms with Gasteiger partial charge < -0.3 is 14.2 Å². The Kier molecular flexibility index (Phi) is 4.48. The van der Waals surface area contributed by atoms with E-state index in [2.05, 4.69) is 26.8 Å². The topological polar surface area (TPSA) is 60.2 Å². The summed E-state index contributed by atoms with van der Waals surface area (Å²) in [6, 6.07) is 5.76. The summed E-state index contributed by atoms with van der Waals surface area (Å²) in [4.78, 5) is 22.5. The Morgan fingerprint density at radius 1 is 1.41 bits per heavy atom. The fourth-order valence-corrected chi connectivity index (χ4v) is 2.88. The number of aromatic nitrogens is 3. The Bertz CT molecular complexity index is 626. The molecule has 0 saturated carbocycles. The summed E-state index contributed by atoms with van der Waals surface area (Å²) in [5.74, 6) is 0.332. The molecule has 0 fully saturated rings. The minimum absolute atomic E-state index is 0.0422. The van der Waals surface area contributed by atoms with E-state index in [1.54, 1.807) is 19.4 Å². The van der Waals surface area contributed by atoms with Gasteiger partial charge in [-0.2, -0.15) is 0 Å². The van der Waals surface area contributed by atoms with Crippen LogP contribution in [-0.2, 0) is 17.8 Å². The monoisotopic (exact) mass is 300 g/mol. The molecule has 1 amide bonds. The Labute approximate surface area is 129 Å². The summed E-state index contributed by atoms with van der Waals surface area (Å²) in [7, 11) is 1.71. The minimum Gasteiger partial charge on any atom is -0.385 e. The molecular formula is C16H20N4O2. The van der Waals surface area contributed by atoms with E-state index in [9.17, 15) is 4.79 Å². The van der Waals surface area contributed by atoms with Crippen LogP contribution in [0.3, 0.4) is 0 Å². The predicted molar refractivity (Wildman–Crippen MR) is 81.2 cm³/mol. The summed E-state index contributed by atoms with van der Waals surface area (Å²) >= 11 is 0. The number of rotatable bonds is 4. The second kappa shape index (κ2) is 6.70. The molecule has 6 nitrogen and oxygen atoms in total. The average Bonchev–Trinajstić information content (AvgIpc) is 2.91. The first kappa shape index (κ1) is 14.7. The summed E-state index contributed by atoms with van der Waals surface area (Å²) in [5.41, 5.74) is 1.60. The van der Waals surface area contributed by atoms with Crippen LogP contribution in [0.4, 0.5) is 0 Å². The summed E-state index contributed by atoms with van der Waals surface area (Å²) in [5, 5.41) is 0. The molecule has 1 aliphatic rings. The lowest BCUT2D eigenvalue weighted by Gasteiger charge is -2.23. The van der Waals surface area contributed by atoms with Gasteiger partial charge in [-0.1, -0.05) is 0 Å². The number of hydrogen-bond donors (Lipinski definition) is 0. The van der Waals surface area contributed by atoms with Gasteiger partial charge in [-0.25, -0.2) is 9.97 Å². The highest BCUT2D eigenvalue weighted by Gasteiger charge is 2.26. The molecule has 0 saturated heterocycles. The van der Waals surface area contributed by atoms with Crippen LogP contribution in [0.25, 0.3) is 0 Å². The van der Waals surface area contributed by atoms with Gasteiger partial charge in [-0.05, 0) is 30.5 Å². The second-order valence-electron chi connectivity index (χ2n) is 5.58. The largest absolute Gasteiger partial charge is 0.385 e. The predicted octanol–water partition coefficient (Wildman–Crippen LogP) is 1.59. The zero-order chi connectivity index (χ0) is 15.4. The van der Waals surface area contributed by atoms with Crippen LogP contribution in [0.2, 0.25) is 0 Å². The highest BCUT2D eigenvalue weighted by Crippen LogP contribution is 2.20. The van der Waals surface area contributed by atoms with E-state index < -0.39 is 0 Å². The summed E-state index contributed by atoms with van der Waals surface area (Å²) in [6.45, 7) is 2.95. The lowest BCUT2D eigenvalue weighted by atomic mass is 10.1. The molecular weight excluding hydrogens is 280 g/mol. The second-order valence-corrected chi connectivity index (χ2v) is 5.58. The molecule has 3 heterocycles. The van der Waals surface area contributed by atoms with Gasteiger partial charge in [0.1, 0.15) is 12.0 Å². The van der Waals surface area contributed by atoms with Gasteiger partial charge in [-0.3, -0.25) is 4.79 Å². The third-order valence-electron chi connectivity index (χ3n) is 4.03. The molecule has 0 spiro atoms. The molecule has 1 aliphatic heterocycles. The van der Waals surface area contributed by atoms with Crippen molar-refractivity contribution in [3.8, 4) is 0 Å². The standard InChI is InChI=1S/C16H20N4O2/c1-22-8-5-13-9-19-7-2-3-14(19)11-20(10-13)16(21)15-4-6-17-12-18-15/h2-4,6-7,12-13H,5,8-11H2,1H3/t13-/m1/s1. The fourth-order valence-electron chi connectivity index (χ4n) is 2.88. The smallest absolute Gasteiger partial charge is 0.272 e. The van der Waals surface area contributed by atoms with E-state index in [4.69, 9.17) is 4.74 Å². The molecule has 0 aromatic carbocycles. The van der Waals surface area contributed by atoms with Gasteiger partial charge in [-0.15, -0.1) is 0 Å². The number of fused-ring (bicyclic) bond motifs is 1.